The molecule has 0 aromatic rings. The van der Waals surface area contributed by atoms with Gasteiger partial charge in [-0.15, -0.1) is 0 Å². The van der Waals surface area contributed by atoms with E-state index in [0.29, 0.717) is 0 Å². The maximum Gasteiger partial charge on any atom is 0.00703 e. The third kappa shape index (κ3) is 1.46. The fourth-order valence-electron chi connectivity index (χ4n) is 0.460. The van der Waals surface area contributed by atoms with Crippen LogP contribution < -0.4 is 4.72 Å². The van der Waals surface area contributed by atoms with E-state index >= 15 is 0 Å². The number of hydrogen-bond acceptors (Lipinski definition) is 1. The monoisotopic (exact) mass is 149 g/mol. The molecule has 0 radical (unpaired) electrons. The van der Waals surface area contributed by atoms with Crippen molar-refractivity contribution in [2.45, 2.75) is 0 Å². The summed E-state index contributed by atoms with van der Waals surface area (Å²) in [6.07, 6.45) is 7.73. The van der Waals surface area contributed by atoms with E-state index in [-0.39, 0.29) is 0 Å². The second kappa shape index (κ2) is 2.03. The summed E-state index contributed by atoms with van der Waals surface area (Å²) in [5, 5.41) is 1.98. The lowest BCUT2D eigenvalue weighted by Gasteiger charge is -2.25. The molecule has 0 saturated carbocycles. The molecule has 1 aliphatic heterocycles. The van der Waals surface area contributed by atoms with Gasteiger partial charge in [-0.05, 0) is 28.4 Å². The molecule has 0 aliphatic carbocycles. The van der Waals surface area contributed by atoms with E-state index in [4.69, 9.17) is 10.7 Å². The molecule has 1 nitrogen and oxygen atoms in total. The standard InChI is InChI=1S/C5H8ClNS/c1-8(6)5-3-2-4-7-8/h2-5,7H,1H3. The maximum absolute atomic E-state index is 5.91. The van der Waals surface area contributed by atoms with Crippen LogP contribution in [0.2, 0.25) is 0 Å². The summed E-state index contributed by atoms with van der Waals surface area (Å²) >= 11 is 0. The molecule has 46 valence electrons. The van der Waals surface area contributed by atoms with Crippen molar-refractivity contribution in [3.05, 3.63) is 23.8 Å². The summed E-state index contributed by atoms with van der Waals surface area (Å²) in [6.45, 7) is 0. The smallest absolute Gasteiger partial charge is 0.00703 e. The van der Waals surface area contributed by atoms with Crippen LogP contribution in [0.4, 0.5) is 0 Å². The van der Waals surface area contributed by atoms with Crippen molar-refractivity contribution in [1.29, 1.82) is 0 Å². The van der Waals surface area contributed by atoms with Crippen LogP contribution in [0.25, 0.3) is 0 Å². The molecule has 1 rings (SSSR count). The van der Waals surface area contributed by atoms with Crippen LogP contribution in [-0.4, -0.2) is 6.26 Å². The first-order valence-corrected chi connectivity index (χ1v) is 5.22. The van der Waals surface area contributed by atoms with Crippen molar-refractivity contribution in [2.75, 3.05) is 6.26 Å². The van der Waals surface area contributed by atoms with E-state index in [1.54, 1.807) is 0 Å². The third-order valence-corrected chi connectivity index (χ3v) is 2.68. The summed E-state index contributed by atoms with van der Waals surface area (Å²) in [7, 11) is 4.78. The zero-order valence-corrected chi connectivity index (χ0v) is 6.17. The highest BCUT2D eigenvalue weighted by Crippen LogP contribution is 2.47. The van der Waals surface area contributed by atoms with Gasteiger partial charge in [0.2, 0.25) is 0 Å². The SMILES string of the molecule is CS1(Cl)C=CC=CN1. The molecule has 0 bridgehead atoms. The molecule has 0 spiro atoms. The van der Waals surface area contributed by atoms with Gasteiger partial charge in [0.05, 0.1) is 0 Å². The van der Waals surface area contributed by atoms with E-state index in [1.165, 1.54) is 0 Å². The Morgan fingerprint density at radius 3 is 2.50 bits per heavy atom. The number of nitrogens with one attached hydrogen (secondary N) is 1. The molecule has 3 heteroatoms. The Kier molecular flexibility index (Phi) is 1.54. The number of rotatable bonds is 0. The predicted molar refractivity (Wildman–Crippen MR) is 40.8 cm³/mol. The van der Waals surface area contributed by atoms with Gasteiger partial charge >= 0.3 is 0 Å². The lowest BCUT2D eigenvalue weighted by molar-refractivity contribution is 1.39. The van der Waals surface area contributed by atoms with Gasteiger partial charge in [-0.25, -0.2) is 0 Å². The van der Waals surface area contributed by atoms with Gasteiger partial charge in [0.25, 0.3) is 0 Å². The molecule has 1 aliphatic rings. The Labute approximate surface area is 55.4 Å². The van der Waals surface area contributed by atoms with E-state index < -0.39 is 9.43 Å². The van der Waals surface area contributed by atoms with Crippen molar-refractivity contribution in [1.82, 2.24) is 4.72 Å². The molecule has 1 heterocycles. The van der Waals surface area contributed by atoms with Gasteiger partial charge in [0, 0.05) is 6.20 Å². The minimum absolute atomic E-state index is 1.13. The van der Waals surface area contributed by atoms with Gasteiger partial charge in [-0.3, -0.25) is 0 Å². The van der Waals surface area contributed by atoms with Gasteiger partial charge in [0.1, 0.15) is 0 Å². The van der Waals surface area contributed by atoms with Crippen molar-refractivity contribution in [2.24, 2.45) is 0 Å². The molecule has 1 N–H and O–H groups in total. The molecule has 8 heavy (non-hydrogen) atoms. The van der Waals surface area contributed by atoms with Crippen LogP contribution in [-0.2, 0) is 0 Å². The van der Waals surface area contributed by atoms with Crippen LogP contribution in [0.1, 0.15) is 0 Å². The first-order chi connectivity index (χ1) is 3.71. The second-order valence-corrected chi connectivity index (χ2v) is 5.87. The van der Waals surface area contributed by atoms with Gasteiger partial charge in [-0.1, -0.05) is 15.5 Å². The molecular formula is C5H8ClNS. The van der Waals surface area contributed by atoms with E-state index in [0.717, 1.165) is 0 Å². The van der Waals surface area contributed by atoms with Crippen molar-refractivity contribution in [3.8, 4) is 0 Å². The van der Waals surface area contributed by atoms with Gasteiger partial charge in [-0.2, -0.15) is 0 Å². The first kappa shape index (κ1) is 6.05. The number of allylic oxidation sites excluding steroid dienone is 2. The molecule has 1 atom stereocenters. The quantitative estimate of drug-likeness (QED) is 0.557. The van der Waals surface area contributed by atoms with Crippen molar-refractivity contribution >= 4 is 20.1 Å². The van der Waals surface area contributed by atoms with Crippen LogP contribution in [0.15, 0.2) is 23.8 Å². The average molecular weight is 150 g/mol. The summed E-state index contributed by atoms with van der Waals surface area (Å²) in [5.74, 6) is 0. The topological polar surface area (TPSA) is 12.0 Å². The summed E-state index contributed by atoms with van der Waals surface area (Å²) in [4.78, 5) is 0. The molecular weight excluding hydrogens is 142 g/mol. The normalized spacial score (nSPS) is 42.8. The Morgan fingerprint density at radius 1 is 1.50 bits per heavy atom. The minimum atomic E-state index is -1.13. The van der Waals surface area contributed by atoms with Crippen LogP contribution in [0.5, 0.6) is 0 Å². The van der Waals surface area contributed by atoms with Crippen molar-refractivity contribution < 1.29 is 0 Å². The van der Waals surface area contributed by atoms with Gasteiger partial charge < -0.3 is 4.72 Å². The molecule has 0 aromatic carbocycles. The summed E-state index contributed by atoms with van der Waals surface area (Å²) in [5.41, 5.74) is 0. The Balaban J connectivity index is 2.65. The average Bonchev–Trinajstić information content (AvgIpc) is 1.65. The Bertz CT molecular complexity index is 139. The lowest BCUT2D eigenvalue weighted by Crippen LogP contribution is -2.06. The Morgan fingerprint density at radius 2 is 2.25 bits per heavy atom. The van der Waals surface area contributed by atoms with Gasteiger partial charge in [0.15, 0.2) is 0 Å². The maximum atomic E-state index is 5.91. The van der Waals surface area contributed by atoms with Crippen LogP contribution in [0.3, 0.4) is 0 Å². The number of halogens is 1. The van der Waals surface area contributed by atoms with E-state index in [1.807, 2.05) is 30.0 Å². The highest BCUT2D eigenvalue weighted by molar-refractivity contribution is 8.51. The second-order valence-electron chi connectivity index (χ2n) is 1.68. The van der Waals surface area contributed by atoms with E-state index in [9.17, 15) is 0 Å². The summed E-state index contributed by atoms with van der Waals surface area (Å²) in [6, 6.07) is 0. The molecule has 0 amide bonds. The lowest BCUT2D eigenvalue weighted by atomic mass is 10.6. The zero-order chi connectivity index (χ0) is 6.04. The summed E-state index contributed by atoms with van der Waals surface area (Å²) < 4.78 is 3.04. The van der Waals surface area contributed by atoms with Crippen LogP contribution >= 0.6 is 20.1 Å². The fraction of sp³-hybridized carbons (Fsp3) is 0.200. The molecule has 0 saturated heterocycles. The zero-order valence-electron chi connectivity index (χ0n) is 4.60. The minimum Gasteiger partial charge on any atom is -0.339 e. The fourth-order valence-corrected chi connectivity index (χ4v) is 1.60. The number of hydrogen-bond donors (Lipinski definition) is 1. The largest absolute Gasteiger partial charge is 0.339 e. The third-order valence-electron chi connectivity index (χ3n) is 0.840. The van der Waals surface area contributed by atoms with Crippen LogP contribution in [0, 0.1) is 0 Å². The first-order valence-electron chi connectivity index (χ1n) is 2.29. The predicted octanol–water partition coefficient (Wildman–Crippen LogP) is 2.12. The molecule has 0 aromatic heterocycles. The highest BCUT2D eigenvalue weighted by Gasteiger charge is 2.06. The Hall–Kier alpha value is -0.0800. The molecule has 0 fully saturated rings. The van der Waals surface area contributed by atoms with E-state index in [2.05, 4.69) is 4.72 Å². The van der Waals surface area contributed by atoms with Crippen molar-refractivity contribution in [3.63, 3.8) is 0 Å². The molecule has 1 unspecified atom stereocenters. The highest BCUT2D eigenvalue weighted by atomic mass is 35.7.